The molecule has 3 aromatic rings. The summed E-state index contributed by atoms with van der Waals surface area (Å²) in [4.78, 5) is 2.38. The second kappa shape index (κ2) is 10.8. The molecule has 3 aromatic carbocycles. The van der Waals surface area contributed by atoms with Crippen molar-refractivity contribution in [3.8, 4) is 5.75 Å². The molecule has 4 rings (SSSR count). The van der Waals surface area contributed by atoms with Crippen molar-refractivity contribution in [2.45, 2.75) is 51.2 Å². The minimum atomic E-state index is -0.498. The fraction of sp³-hybridized carbons (Fsp3) is 0.357. The van der Waals surface area contributed by atoms with Crippen molar-refractivity contribution in [2.24, 2.45) is 0 Å². The second-order valence-electron chi connectivity index (χ2n) is 8.45. The number of piperidine rings is 1. The maximum atomic E-state index is 11.2. The van der Waals surface area contributed by atoms with Crippen LogP contribution in [0.5, 0.6) is 5.75 Å². The van der Waals surface area contributed by atoms with Crippen LogP contribution in [0.2, 0.25) is 0 Å². The van der Waals surface area contributed by atoms with Crippen molar-refractivity contribution in [3.63, 3.8) is 0 Å². The highest BCUT2D eigenvalue weighted by Gasteiger charge is 2.39. The van der Waals surface area contributed by atoms with E-state index in [1.807, 2.05) is 43.3 Å². The molecule has 4 nitrogen and oxygen atoms in total. The van der Waals surface area contributed by atoms with Gasteiger partial charge in [0.1, 0.15) is 12.4 Å². The molecule has 0 saturated carbocycles. The van der Waals surface area contributed by atoms with Crippen LogP contribution in [0.1, 0.15) is 49.0 Å². The summed E-state index contributed by atoms with van der Waals surface area (Å²) >= 11 is 0. The lowest BCUT2D eigenvalue weighted by atomic mass is 9.88. The molecule has 0 aromatic heterocycles. The van der Waals surface area contributed by atoms with Crippen molar-refractivity contribution in [1.82, 2.24) is 4.90 Å². The van der Waals surface area contributed by atoms with Crippen LogP contribution in [0.4, 0.5) is 0 Å². The highest BCUT2D eigenvalue weighted by molar-refractivity contribution is 5.31. The number of benzene rings is 3. The van der Waals surface area contributed by atoms with Crippen LogP contribution in [0.3, 0.4) is 0 Å². The molecule has 0 bridgehead atoms. The first kappa shape index (κ1) is 22.5. The van der Waals surface area contributed by atoms with E-state index in [0.717, 1.165) is 23.4 Å². The molecule has 1 fully saturated rings. The van der Waals surface area contributed by atoms with Gasteiger partial charge in [-0.1, -0.05) is 72.8 Å². The molecule has 1 aliphatic heterocycles. The molecular formula is C28H33NO3. The zero-order valence-electron chi connectivity index (χ0n) is 18.9. The van der Waals surface area contributed by atoms with Gasteiger partial charge in [-0.2, -0.15) is 0 Å². The number of rotatable bonds is 8. The smallest absolute Gasteiger partial charge is 0.119 e. The molecule has 168 valence electrons. The van der Waals surface area contributed by atoms with Crippen molar-refractivity contribution >= 4 is 0 Å². The number of nitrogens with zero attached hydrogens (tertiary/aromatic N) is 1. The maximum absolute atomic E-state index is 11.2. The zero-order chi connectivity index (χ0) is 22.3. The number of hydrogen-bond donors (Lipinski definition) is 1. The Hall–Kier alpha value is -2.66. The third-order valence-electron chi connectivity index (χ3n) is 6.29. The Morgan fingerprint density at radius 1 is 0.938 bits per heavy atom. The van der Waals surface area contributed by atoms with Crippen LogP contribution in [0, 0.1) is 0 Å². The molecule has 1 aliphatic rings. The van der Waals surface area contributed by atoms with E-state index in [-0.39, 0.29) is 18.2 Å². The fourth-order valence-corrected chi connectivity index (χ4v) is 4.64. The van der Waals surface area contributed by atoms with Gasteiger partial charge >= 0.3 is 0 Å². The summed E-state index contributed by atoms with van der Waals surface area (Å²) in [5.41, 5.74) is 3.48. The first-order valence-electron chi connectivity index (χ1n) is 11.5. The molecule has 0 spiro atoms. The lowest BCUT2D eigenvalue weighted by Gasteiger charge is -2.46. The molecule has 32 heavy (non-hydrogen) atoms. The standard InChI is InChI=1S/C28H33NO3/c1-3-31-26-18-27(30)28(29(19-26)21(2)23-12-8-5-9-13-23)24-14-16-25(17-15-24)32-20-22-10-6-4-7-11-22/h4-17,21,26-28,30H,3,18-20H2,1-2H3/t21-,26?,27?,28?/m1/s1. The molecule has 1 saturated heterocycles. The Morgan fingerprint density at radius 3 is 2.25 bits per heavy atom. The van der Waals surface area contributed by atoms with Crippen molar-refractivity contribution < 1.29 is 14.6 Å². The summed E-state index contributed by atoms with van der Waals surface area (Å²) < 4.78 is 11.9. The SMILES string of the molecule is CCOC1CC(O)C(c2ccc(OCc3ccccc3)cc2)N([C@H](C)c2ccccc2)C1. The number of aliphatic hydroxyl groups is 1. The van der Waals surface area contributed by atoms with Crippen LogP contribution in [-0.4, -0.2) is 35.4 Å². The first-order chi connectivity index (χ1) is 15.7. The monoisotopic (exact) mass is 431 g/mol. The summed E-state index contributed by atoms with van der Waals surface area (Å²) in [6.07, 6.45) is 0.177. The average molecular weight is 432 g/mol. The number of likely N-dealkylation sites (tertiary alicyclic amines) is 1. The minimum Gasteiger partial charge on any atom is -0.489 e. The van der Waals surface area contributed by atoms with Crippen LogP contribution in [-0.2, 0) is 11.3 Å². The lowest BCUT2D eigenvalue weighted by Crippen LogP contribution is -2.49. The van der Waals surface area contributed by atoms with Crippen LogP contribution < -0.4 is 4.74 Å². The number of hydrogen-bond acceptors (Lipinski definition) is 4. The summed E-state index contributed by atoms with van der Waals surface area (Å²) in [6.45, 7) is 6.21. The summed E-state index contributed by atoms with van der Waals surface area (Å²) in [6, 6.07) is 28.9. The number of ether oxygens (including phenoxy) is 2. The quantitative estimate of drug-likeness (QED) is 0.508. The molecule has 3 unspecified atom stereocenters. The summed E-state index contributed by atoms with van der Waals surface area (Å²) in [5, 5.41) is 11.2. The molecule has 4 atom stereocenters. The minimum absolute atomic E-state index is 0.0332. The average Bonchev–Trinajstić information content (AvgIpc) is 2.84. The second-order valence-corrected chi connectivity index (χ2v) is 8.45. The van der Waals surface area contributed by atoms with Crippen molar-refractivity contribution in [3.05, 3.63) is 102 Å². The van der Waals surface area contributed by atoms with E-state index >= 15 is 0 Å². The van der Waals surface area contributed by atoms with Gasteiger partial charge in [0.2, 0.25) is 0 Å². The third kappa shape index (κ3) is 5.39. The van der Waals surface area contributed by atoms with Gasteiger partial charge in [0, 0.05) is 25.6 Å². The van der Waals surface area contributed by atoms with E-state index in [4.69, 9.17) is 9.47 Å². The Kier molecular flexibility index (Phi) is 7.59. The molecule has 0 amide bonds. The van der Waals surface area contributed by atoms with E-state index in [1.54, 1.807) is 0 Å². The van der Waals surface area contributed by atoms with Crippen molar-refractivity contribution in [1.29, 1.82) is 0 Å². The normalized spacial score (nSPS) is 22.4. The summed E-state index contributed by atoms with van der Waals surface area (Å²) in [7, 11) is 0. The van der Waals surface area contributed by atoms with E-state index < -0.39 is 6.10 Å². The highest BCUT2D eigenvalue weighted by atomic mass is 16.5. The fourth-order valence-electron chi connectivity index (χ4n) is 4.64. The number of aliphatic hydroxyl groups excluding tert-OH is 1. The van der Waals surface area contributed by atoms with E-state index in [1.165, 1.54) is 5.56 Å². The zero-order valence-corrected chi connectivity index (χ0v) is 18.9. The first-order valence-corrected chi connectivity index (χ1v) is 11.5. The topological polar surface area (TPSA) is 41.9 Å². The van der Waals surface area contributed by atoms with Gasteiger partial charge < -0.3 is 14.6 Å². The molecule has 1 heterocycles. The molecule has 0 aliphatic carbocycles. The van der Waals surface area contributed by atoms with Crippen LogP contribution >= 0.6 is 0 Å². The predicted octanol–water partition coefficient (Wildman–Crippen LogP) is 5.54. The Morgan fingerprint density at radius 2 is 1.59 bits per heavy atom. The van der Waals surface area contributed by atoms with Gasteiger partial charge in [-0.15, -0.1) is 0 Å². The van der Waals surface area contributed by atoms with E-state index in [0.29, 0.717) is 19.6 Å². The molecule has 4 heteroatoms. The van der Waals surface area contributed by atoms with E-state index in [9.17, 15) is 5.11 Å². The Bertz CT molecular complexity index is 945. The predicted molar refractivity (Wildman–Crippen MR) is 128 cm³/mol. The van der Waals surface area contributed by atoms with Gasteiger partial charge in [0.15, 0.2) is 0 Å². The van der Waals surface area contributed by atoms with Crippen LogP contribution in [0.25, 0.3) is 0 Å². The third-order valence-corrected chi connectivity index (χ3v) is 6.29. The maximum Gasteiger partial charge on any atom is 0.119 e. The van der Waals surface area contributed by atoms with Gasteiger partial charge in [0.25, 0.3) is 0 Å². The van der Waals surface area contributed by atoms with Gasteiger partial charge in [0.05, 0.1) is 18.2 Å². The van der Waals surface area contributed by atoms with Crippen LogP contribution in [0.15, 0.2) is 84.9 Å². The van der Waals surface area contributed by atoms with Crippen molar-refractivity contribution in [2.75, 3.05) is 13.2 Å². The lowest BCUT2D eigenvalue weighted by molar-refractivity contribution is -0.0892. The van der Waals surface area contributed by atoms with E-state index in [2.05, 4.69) is 60.4 Å². The largest absolute Gasteiger partial charge is 0.489 e. The Labute approximate surface area is 191 Å². The van der Waals surface area contributed by atoms with Gasteiger partial charge in [-0.05, 0) is 42.7 Å². The summed E-state index contributed by atoms with van der Waals surface area (Å²) in [5.74, 6) is 0.831. The van der Waals surface area contributed by atoms with Gasteiger partial charge in [-0.25, -0.2) is 0 Å². The highest BCUT2D eigenvalue weighted by Crippen LogP contribution is 2.39. The van der Waals surface area contributed by atoms with Gasteiger partial charge in [-0.3, -0.25) is 4.90 Å². The Balaban J connectivity index is 1.53. The molecule has 1 N–H and O–H groups in total. The molecule has 0 radical (unpaired) electrons. The molecular weight excluding hydrogens is 398 g/mol.